The standard InChI is InChI=1S/C22H20O4/c1-20-16(17(23)21(2)19(26-21)18(20)24)22(20,13-8-5-4-6-9-13)14-10-7-11-15(12-14)25-3/h4-12,16,19H,1-3H3/t16?,19?,20-,21-,22-/m1/s1. The molecule has 2 aliphatic carbocycles. The molecular formula is C22H20O4. The zero-order valence-corrected chi connectivity index (χ0v) is 15.0. The molecule has 2 unspecified atom stereocenters. The lowest BCUT2D eigenvalue weighted by molar-refractivity contribution is -0.132. The molecule has 3 aliphatic rings. The van der Waals surface area contributed by atoms with E-state index in [1.807, 2.05) is 61.5 Å². The van der Waals surface area contributed by atoms with Crippen molar-refractivity contribution in [2.24, 2.45) is 11.3 Å². The number of benzene rings is 2. The number of methoxy groups -OCH3 is 1. The molecule has 2 aromatic carbocycles. The molecule has 2 aromatic rings. The number of rotatable bonds is 3. The summed E-state index contributed by atoms with van der Waals surface area (Å²) in [6.07, 6.45) is -0.604. The van der Waals surface area contributed by atoms with Crippen molar-refractivity contribution in [1.82, 2.24) is 0 Å². The van der Waals surface area contributed by atoms with Gasteiger partial charge in [0.25, 0.3) is 0 Å². The van der Waals surface area contributed by atoms with Gasteiger partial charge in [0.2, 0.25) is 0 Å². The number of ether oxygens (including phenoxy) is 2. The van der Waals surface area contributed by atoms with E-state index in [1.165, 1.54) is 0 Å². The molecule has 26 heavy (non-hydrogen) atoms. The lowest BCUT2D eigenvalue weighted by Gasteiger charge is -2.23. The molecule has 3 fully saturated rings. The zero-order valence-electron chi connectivity index (χ0n) is 15.0. The molecule has 0 bridgehead atoms. The highest BCUT2D eigenvalue weighted by atomic mass is 16.6. The normalized spacial score (nSPS) is 39.8. The van der Waals surface area contributed by atoms with Crippen LogP contribution in [0.5, 0.6) is 5.75 Å². The minimum atomic E-state index is -0.948. The molecule has 0 amide bonds. The van der Waals surface area contributed by atoms with Crippen molar-refractivity contribution in [3.63, 3.8) is 0 Å². The first-order chi connectivity index (χ1) is 12.4. The van der Waals surface area contributed by atoms with E-state index in [9.17, 15) is 9.59 Å². The van der Waals surface area contributed by atoms with Crippen LogP contribution in [0.4, 0.5) is 0 Å². The van der Waals surface area contributed by atoms with Gasteiger partial charge in [0, 0.05) is 11.3 Å². The maximum Gasteiger partial charge on any atom is 0.172 e. The molecule has 5 atom stereocenters. The lowest BCUT2D eigenvalue weighted by atomic mass is 9.78. The summed E-state index contributed by atoms with van der Waals surface area (Å²) in [6, 6.07) is 17.6. The van der Waals surface area contributed by atoms with Crippen LogP contribution in [0.15, 0.2) is 54.6 Å². The zero-order chi connectivity index (χ0) is 18.3. The van der Waals surface area contributed by atoms with Gasteiger partial charge in [0.1, 0.15) is 5.75 Å². The van der Waals surface area contributed by atoms with Crippen LogP contribution in [0.3, 0.4) is 0 Å². The molecule has 0 spiro atoms. The highest BCUT2D eigenvalue weighted by molar-refractivity contribution is 6.17. The van der Waals surface area contributed by atoms with E-state index in [0.717, 1.165) is 16.9 Å². The second kappa shape index (κ2) is 4.63. The average Bonchev–Trinajstić information content (AvgIpc) is 3.53. The lowest BCUT2D eigenvalue weighted by Crippen LogP contribution is -2.39. The molecule has 0 aromatic heterocycles. The largest absolute Gasteiger partial charge is 0.497 e. The van der Waals surface area contributed by atoms with Gasteiger partial charge in [-0.05, 0) is 30.2 Å². The van der Waals surface area contributed by atoms with E-state index in [-0.39, 0.29) is 11.6 Å². The Morgan fingerprint density at radius 3 is 2.31 bits per heavy atom. The van der Waals surface area contributed by atoms with Gasteiger partial charge in [-0.1, -0.05) is 49.4 Å². The molecular weight excluding hydrogens is 328 g/mol. The molecule has 132 valence electrons. The molecule has 1 saturated heterocycles. The van der Waals surface area contributed by atoms with Gasteiger partial charge in [-0.15, -0.1) is 0 Å². The summed E-state index contributed by atoms with van der Waals surface area (Å²) in [5.74, 6) is 0.380. The monoisotopic (exact) mass is 348 g/mol. The van der Waals surface area contributed by atoms with Crippen LogP contribution in [-0.2, 0) is 19.7 Å². The predicted molar refractivity (Wildman–Crippen MR) is 95.1 cm³/mol. The highest BCUT2D eigenvalue weighted by Crippen LogP contribution is 2.78. The molecule has 1 aliphatic heterocycles. The molecule has 2 saturated carbocycles. The fraction of sp³-hybridized carbons (Fsp3) is 0.364. The topological polar surface area (TPSA) is 55.9 Å². The molecule has 1 heterocycles. The number of carbonyl (C=O) groups excluding carboxylic acids is 2. The summed E-state index contributed by atoms with van der Waals surface area (Å²) in [7, 11) is 1.62. The Morgan fingerprint density at radius 1 is 0.923 bits per heavy atom. The van der Waals surface area contributed by atoms with Crippen LogP contribution >= 0.6 is 0 Å². The Morgan fingerprint density at radius 2 is 1.62 bits per heavy atom. The average molecular weight is 348 g/mol. The van der Waals surface area contributed by atoms with Crippen molar-refractivity contribution in [1.29, 1.82) is 0 Å². The molecule has 4 heteroatoms. The first-order valence-electron chi connectivity index (χ1n) is 8.89. The van der Waals surface area contributed by atoms with Crippen LogP contribution < -0.4 is 4.74 Å². The number of ketones is 2. The van der Waals surface area contributed by atoms with E-state index < -0.39 is 28.5 Å². The highest BCUT2D eigenvalue weighted by Gasteiger charge is 2.90. The number of hydrogen-bond acceptors (Lipinski definition) is 4. The van der Waals surface area contributed by atoms with Crippen molar-refractivity contribution in [3.05, 3.63) is 65.7 Å². The first-order valence-corrected chi connectivity index (χ1v) is 8.89. The second-order valence-corrected chi connectivity index (χ2v) is 7.87. The molecule has 0 N–H and O–H groups in total. The summed E-state index contributed by atoms with van der Waals surface area (Å²) < 4.78 is 11.0. The van der Waals surface area contributed by atoms with Crippen molar-refractivity contribution < 1.29 is 19.1 Å². The fourth-order valence-electron chi connectivity index (χ4n) is 5.34. The summed E-state index contributed by atoms with van der Waals surface area (Å²) in [4.78, 5) is 26.6. The van der Waals surface area contributed by atoms with Crippen molar-refractivity contribution >= 4 is 11.6 Å². The van der Waals surface area contributed by atoms with Gasteiger partial charge in [-0.25, -0.2) is 0 Å². The number of carbonyl (C=O) groups is 2. The fourth-order valence-corrected chi connectivity index (χ4v) is 5.34. The van der Waals surface area contributed by atoms with Crippen LogP contribution in [0, 0.1) is 11.3 Å². The molecule has 5 rings (SSSR count). The van der Waals surface area contributed by atoms with Crippen molar-refractivity contribution in [2.75, 3.05) is 7.11 Å². The van der Waals surface area contributed by atoms with E-state index >= 15 is 0 Å². The van der Waals surface area contributed by atoms with Crippen LogP contribution in [0.1, 0.15) is 25.0 Å². The number of epoxide rings is 1. The molecule has 4 nitrogen and oxygen atoms in total. The minimum absolute atomic E-state index is 0.0382. The quantitative estimate of drug-likeness (QED) is 0.801. The second-order valence-electron chi connectivity index (χ2n) is 7.87. The van der Waals surface area contributed by atoms with Crippen LogP contribution in [-0.4, -0.2) is 30.4 Å². The van der Waals surface area contributed by atoms with Gasteiger partial charge in [-0.3, -0.25) is 9.59 Å². The van der Waals surface area contributed by atoms with Crippen LogP contribution in [0.2, 0.25) is 0 Å². The predicted octanol–water partition coefficient (Wildman–Crippen LogP) is 2.93. The van der Waals surface area contributed by atoms with E-state index in [0.29, 0.717) is 0 Å². The van der Waals surface area contributed by atoms with Gasteiger partial charge in [-0.2, -0.15) is 0 Å². The SMILES string of the molecule is COc1cccc([C@]2(c3ccccc3)C3C(=O)[C@@]4(C)OC4C(=O)[C@@]32C)c1. The van der Waals surface area contributed by atoms with Gasteiger partial charge < -0.3 is 9.47 Å². The third-order valence-corrected chi connectivity index (χ3v) is 6.81. The Hall–Kier alpha value is -2.46. The maximum absolute atomic E-state index is 13.3. The maximum atomic E-state index is 13.3. The van der Waals surface area contributed by atoms with Crippen molar-refractivity contribution in [3.8, 4) is 5.75 Å². The smallest absolute Gasteiger partial charge is 0.172 e. The number of hydrogen-bond donors (Lipinski definition) is 0. The van der Waals surface area contributed by atoms with E-state index in [2.05, 4.69) is 0 Å². The van der Waals surface area contributed by atoms with Crippen LogP contribution in [0.25, 0.3) is 0 Å². The Balaban J connectivity index is 1.78. The molecule has 0 radical (unpaired) electrons. The summed E-state index contributed by atoms with van der Waals surface area (Å²) in [5.41, 5.74) is -0.471. The first kappa shape index (κ1) is 15.8. The van der Waals surface area contributed by atoms with Gasteiger partial charge >= 0.3 is 0 Å². The van der Waals surface area contributed by atoms with Gasteiger partial charge in [0.15, 0.2) is 23.3 Å². The summed E-state index contributed by atoms with van der Waals surface area (Å²) in [6.45, 7) is 3.67. The van der Waals surface area contributed by atoms with Crippen molar-refractivity contribution in [2.45, 2.75) is 31.0 Å². The Labute approximate surface area is 152 Å². The van der Waals surface area contributed by atoms with E-state index in [4.69, 9.17) is 9.47 Å². The van der Waals surface area contributed by atoms with E-state index in [1.54, 1.807) is 14.0 Å². The Bertz CT molecular complexity index is 950. The third kappa shape index (κ3) is 1.51. The number of Topliss-reactive ketones (excluding diaryl/α,β-unsaturated/α-hetero) is 2. The Kier molecular flexibility index (Phi) is 2.81. The minimum Gasteiger partial charge on any atom is -0.497 e. The summed E-state index contributed by atoms with van der Waals surface area (Å²) in [5, 5.41) is 0. The third-order valence-electron chi connectivity index (χ3n) is 6.81. The van der Waals surface area contributed by atoms with Gasteiger partial charge in [0.05, 0.1) is 12.5 Å². The summed E-state index contributed by atoms with van der Waals surface area (Å²) >= 11 is 0. The number of fused-ring (bicyclic) bond motifs is 2.